The molecule has 1 aliphatic rings. The van der Waals surface area contributed by atoms with Gasteiger partial charge in [-0.2, -0.15) is 0 Å². The number of primary sulfonamides is 1. The standard InChI is InChI=1S/C16H16ClN3O3S.ClH.Yb/c1-9-5-3-4-6-14(9)20-10(2)19-13-8-12(17)15(24(18,22)23)7-11(13)16(20)21;;/h3-8,10,19H,1-2H3,(H2,18,22,23);1H;. The van der Waals surface area contributed by atoms with Gasteiger partial charge < -0.3 is 5.32 Å². The molecule has 3 N–H and O–H groups in total. The first kappa shape index (κ1) is 23.8. The maximum absolute atomic E-state index is 13.0. The molecular formula is C16H17Cl2N3O3SYb. The van der Waals surface area contributed by atoms with E-state index in [1.54, 1.807) is 4.90 Å². The molecule has 1 amide bonds. The van der Waals surface area contributed by atoms with E-state index in [0.29, 0.717) is 5.69 Å². The number of sulfonamides is 1. The normalized spacial score (nSPS) is 16.1. The monoisotopic (exact) mass is 575 g/mol. The molecule has 26 heavy (non-hydrogen) atoms. The number of nitrogens with one attached hydrogen (secondary N) is 1. The third-order valence-corrected chi connectivity index (χ3v) is 5.33. The van der Waals surface area contributed by atoms with E-state index in [2.05, 4.69) is 5.32 Å². The number of halogens is 2. The summed E-state index contributed by atoms with van der Waals surface area (Å²) in [5, 5.41) is 8.33. The summed E-state index contributed by atoms with van der Waals surface area (Å²) >= 11 is 6.00. The van der Waals surface area contributed by atoms with Gasteiger partial charge in [-0.05, 0) is 37.6 Å². The Balaban J connectivity index is 0.00000169. The van der Waals surface area contributed by atoms with Crippen LogP contribution in [0.25, 0.3) is 0 Å². The van der Waals surface area contributed by atoms with E-state index in [1.165, 1.54) is 12.1 Å². The molecule has 1 aliphatic heterocycles. The summed E-state index contributed by atoms with van der Waals surface area (Å²) in [6.45, 7) is 3.75. The SMILES string of the molecule is Cc1ccccc1N1C(=O)c2cc(S(N)(=O)=O)c(Cl)cc2NC1C.Cl.[Yb]. The van der Waals surface area contributed by atoms with Gasteiger partial charge in [0, 0.05) is 52.6 Å². The van der Waals surface area contributed by atoms with Crippen molar-refractivity contribution in [2.45, 2.75) is 24.9 Å². The van der Waals surface area contributed by atoms with E-state index in [0.717, 1.165) is 11.3 Å². The smallest absolute Gasteiger partial charge is 0.262 e. The molecule has 1 unspecified atom stereocenters. The van der Waals surface area contributed by atoms with Crippen molar-refractivity contribution in [2.75, 3.05) is 10.2 Å². The van der Waals surface area contributed by atoms with Crippen LogP contribution < -0.4 is 15.4 Å². The molecule has 0 bridgehead atoms. The van der Waals surface area contributed by atoms with E-state index < -0.39 is 10.0 Å². The van der Waals surface area contributed by atoms with Gasteiger partial charge >= 0.3 is 0 Å². The first-order chi connectivity index (χ1) is 11.2. The molecule has 0 saturated carbocycles. The zero-order chi connectivity index (χ0) is 17.6. The molecule has 3 rings (SSSR count). The number of nitrogens with two attached hydrogens (primary N) is 1. The van der Waals surface area contributed by atoms with Crippen LogP contribution in [0, 0.1) is 53.8 Å². The van der Waals surface area contributed by atoms with E-state index in [9.17, 15) is 13.2 Å². The number of carbonyl (C=O) groups is 1. The molecule has 1 heterocycles. The Morgan fingerprint density at radius 2 is 1.85 bits per heavy atom. The summed E-state index contributed by atoms with van der Waals surface area (Å²) in [7, 11) is -4.02. The number of para-hydroxylation sites is 1. The van der Waals surface area contributed by atoms with Crippen LogP contribution in [0.4, 0.5) is 11.4 Å². The molecule has 0 aromatic heterocycles. The fraction of sp³-hybridized carbons (Fsp3) is 0.188. The van der Waals surface area contributed by atoms with Gasteiger partial charge in [-0.3, -0.25) is 9.69 Å². The maximum atomic E-state index is 13.0. The molecule has 2 aromatic rings. The minimum Gasteiger partial charge on any atom is -0.364 e. The van der Waals surface area contributed by atoms with Crippen LogP contribution in [0.15, 0.2) is 41.3 Å². The first-order valence-electron chi connectivity index (χ1n) is 7.22. The van der Waals surface area contributed by atoms with E-state index in [4.69, 9.17) is 16.7 Å². The number of carbonyl (C=O) groups excluding carboxylic acids is 1. The summed E-state index contributed by atoms with van der Waals surface area (Å²) in [4.78, 5) is 14.3. The average Bonchev–Trinajstić information content (AvgIpc) is 2.47. The number of anilines is 2. The molecule has 0 radical (unpaired) electrons. The second-order valence-corrected chi connectivity index (χ2v) is 7.59. The number of amides is 1. The number of nitrogens with zero attached hydrogens (tertiary/aromatic N) is 1. The molecule has 1 atom stereocenters. The third-order valence-electron chi connectivity index (χ3n) is 3.95. The Labute approximate surface area is 202 Å². The second-order valence-electron chi connectivity index (χ2n) is 5.66. The van der Waals surface area contributed by atoms with Crippen LogP contribution in [0.2, 0.25) is 5.02 Å². The Bertz CT molecular complexity index is 954. The topological polar surface area (TPSA) is 92.5 Å². The van der Waals surface area contributed by atoms with Crippen LogP contribution in [0.1, 0.15) is 22.8 Å². The predicted molar refractivity (Wildman–Crippen MR) is 101 cm³/mol. The largest absolute Gasteiger partial charge is 0.364 e. The third kappa shape index (κ3) is 4.41. The Kier molecular flexibility index (Phi) is 8.06. The summed E-state index contributed by atoms with van der Waals surface area (Å²) in [5.41, 5.74) is 2.38. The van der Waals surface area contributed by atoms with Crippen molar-refractivity contribution in [3.63, 3.8) is 0 Å². The number of rotatable bonds is 2. The van der Waals surface area contributed by atoms with Crippen molar-refractivity contribution in [3.05, 3.63) is 52.5 Å². The number of benzene rings is 2. The summed E-state index contributed by atoms with van der Waals surface area (Å²) in [6.07, 6.45) is -0.317. The Morgan fingerprint density at radius 1 is 1.23 bits per heavy atom. The zero-order valence-corrected chi connectivity index (χ0v) is 17.9. The van der Waals surface area contributed by atoms with Crippen LogP contribution in [-0.4, -0.2) is 20.5 Å². The van der Waals surface area contributed by atoms with E-state index in [-0.39, 0.29) is 86.9 Å². The van der Waals surface area contributed by atoms with Crippen LogP contribution in [0.3, 0.4) is 0 Å². The fourth-order valence-corrected chi connectivity index (χ4v) is 3.91. The molecule has 0 saturated heterocycles. The molecule has 0 fully saturated rings. The van der Waals surface area contributed by atoms with Gasteiger partial charge in [0.25, 0.3) is 5.91 Å². The van der Waals surface area contributed by atoms with E-state index >= 15 is 0 Å². The van der Waals surface area contributed by atoms with Gasteiger partial charge in [0.2, 0.25) is 10.0 Å². The number of hydrogen-bond donors (Lipinski definition) is 2. The summed E-state index contributed by atoms with van der Waals surface area (Å²) in [5.74, 6) is -0.313. The van der Waals surface area contributed by atoms with Gasteiger partial charge in [0.1, 0.15) is 11.1 Å². The van der Waals surface area contributed by atoms with Crippen molar-refractivity contribution < 1.29 is 60.1 Å². The van der Waals surface area contributed by atoms with Gasteiger partial charge in [-0.25, -0.2) is 13.6 Å². The molecule has 2 aromatic carbocycles. The number of aryl methyl sites for hydroxylation is 1. The minimum absolute atomic E-state index is 0. The molecule has 10 heteroatoms. The molecule has 148 valence electrons. The quantitative estimate of drug-likeness (QED) is 0.576. The van der Waals surface area contributed by atoms with Crippen molar-refractivity contribution in [2.24, 2.45) is 5.14 Å². The number of fused-ring (bicyclic) bond motifs is 1. The first-order valence-corrected chi connectivity index (χ1v) is 9.14. The van der Waals surface area contributed by atoms with Crippen molar-refractivity contribution in [1.29, 1.82) is 0 Å². The number of hydrogen-bond acceptors (Lipinski definition) is 4. The van der Waals surface area contributed by atoms with Gasteiger partial charge in [-0.15, -0.1) is 12.4 Å². The minimum atomic E-state index is -4.02. The predicted octanol–water partition coefficient (Wildman–Crippen LogP) is 3.14. The Hall–Kier alpha value is -0.281. The van der Waals surface area contributed by atoms with Gasteiger partial charge in [0.05, 0.1) is 16.3 Å². The van der Waals surface area contributed by atoms with Crippen molar-refractivity contribution in [1.82, 2.24) is 0 Å². The van der Waals surface area contributed by atoms with Crippen molar-refractivity contribution in [3.8, 4) is 0 Å². The molecule has 6 nitrogen and oxygen atoms in total. The van der Waals surface area contributed by atoms with Gasteiger partial charge in [0.15, 0.2) is 0 Å². The Morgan fingerprint density at radius 3 is 2.42 bits per heavy atom. The van der Waals surface area contributed by atoms with Crippen LogP contribution in [-0.2, 0) is 10.0 Å². The maximum Gasteiger partial charge on any atom is 0.262 e. The van der Waals surface area contributed by atoms with Crippen LogP contribution >= 0.6 is 24.0 Å². The van der Waals surface area contributed by atoms with Crippen LogP contribution in [0.5, 0.6) is 0 Å². The molecule has 0 aliphatic carbocycles. The molecular weight excluding hydrogens is 558 g/mol. The van der Waals surface area contributed by atoms with Crippen molar-refractivity contribution >= 4 is 51.3 Å². The zero-order valence-electron chi connectivity index (χ0n) is 13.8. The fourth-order valence-electron chi connectivity index (χ4n) is 2.81. The molecule has 0 spiro atoms. The second kappa shape index (κ2) is 8.82. The van der Waals surface area contributed by atoms with E-state index in [1.807, 2.05) is 38.1 Å². The van der Waals surface area contributed by atoms with Gasteiger partial charge in [-0.1, -0.05) is 29.8 Å². The summed E-state index contributed by atoms with van der Waals surface area (Å²) in [6, 6.07) is 10.1. The summed E-state index contributed by atoms with van der Waals surface area (Å²) < 4.78 is 23.3. The average molecular weight is 575 g/mol.